The largest absolute Gasteiger partial charge is 0.356 e. The maximum atomic E-state index is 12.7. The average Bonchev–Trinajstić information content (AvgIpc) is 3.27. The number of fused-ring (bicyclic) bond motifs is 1. The highest BCUT2D eigenvalue weighted by Crippen LogP contribution is 2.33. The molecule has 1 amide bonds. The van der Waals surface area contributed by atoms with Crippen LogP contribution in [0.4, 0.5) is 5.82 Å². The van der Waals surface area contributed by atoms with Crippen molar-refractivity contribution in [3.63, 3.8) is 0 Å². The third kappa shape index (κ3) is 3.02. The minimum Gasteiger partial charge on any atom is -0.356 e. The van der Waals surface area contributed by atoms with Gasteiger partial charge >= 0.3 is 0 Å². The molecule has 2 fully saturated rings. The van der Waals surface area contributed by atoms with Gasteiger partial charge in [0.1, 0.15) is 11.6 Å². The Hall–Kier alpha value is -2.58. The van der Waals surface area contributed by atoms with Crippen LogP contribution in [0.1, 0.15) is 37.2 Å². The van der Waals surface area contributed by atoms with Crippen molar-refractivity contribution in [2.45, 2.75) is 33.2 Å². The van der Waals surface area contributed by atoms with Crippen LogP contribution in [0.5, 0.6) is 0 Å². The van der Waals surface area contributed by atoms with E-state index >= 15 is 0 Å². The number of tetrazole rings is 1. The molecule has 2 aromatic rings. The molecule has 4 rings (SSSR count). The molecule has 2 aromatic heterocycles. The fraction of sp³-hybridized carbons (Fsp3) is 0.647. The van der Waals surface area contributed by atoms with Crippen LogP contribution in [0.2, 0.25) is 0 Å². The number of anilines is 1. The Bertz CT molecular complexity index is 812. The lowest BCUT2D eigenvalue weighted by Crippen LogP contribution is -2.34. The lowest BCUT2D eigenvalue weighted by molar-refractivity contribution is 0.0769. The summed E-state index contributed by atoms with van der Waals surface area (Å²) in [4.78, 5) is 27.1. The Labute approximate surface area is 152 Å². The highest BCUT2D eigenvalue weighted by Gasteiger charge is 2.43. The second-order valence-electron chi connectivity index (χ2n) is 8.17. The Morgan fingerprint density at radius 3 is 2.42 bits per heavy atom. The summed E-state index contributed by atoms with van der Waals surface area (Å²) in [6.45, 7) is 11.1. The number of nitrogens with zero attached hydrogens (tertiary/aromatic N) is 8. The fourth-order valence-electron chi connectivity index (χ4n) is 3.69. The van der Waals surface area contributed by atoms with Crippen molar-refractivity contribution in [3.05, 3.63) is 23.9 Å². The summed E-state index contributed by atoms with van der Waals surface area (Å²) in [7, 11) is 0. The molecule has 0 aliphatic carbocycles. The van der Waals surface area contributed by atoms with Crippen LogP contribution >= 0.6 is 0 Å². The Kier molecular flexibility index (Phi) is 3.89. The fourth-order valence-corrected chi connectivity index (χ4v) is 3.69. The van der Waals surface area contributed by atoms with E-state index in [1.54, 1.807) is 6.20 Å². The minimum atomic E-state index is -0.288. The highest BCUT2D eigenvalue weighted by atomic mass is 16.2. The van der Waals surface area contributed by atoms with Gasteiger partial charge < -0.3 is 9.80 Å². The van der Waals surface area contributed by atoms with Gasteiger partial charge in [0.25, 0.3) is 11.7 Å². The summed E-state index contributed by atoms with van der Waals surface area (Å²) in [5.41, 5.74) is -0.288. The number of aromatic nitrogens is 6. The number of hydrogen-bond donors (Lipinski definition) is 0. The lowest BCUT2D eigenvalue weighted by atomic mass is 10.0. The van der Waals surface area contributed by atoms with Crippen molar-refractivity contribution in [1.29, 1.82) is 0 Å². The number of likely N-dealkylation sites (tertiary alicyclic amines) is 1. The normalized spacial score (nSPS) is 22.8. The maximum Gasteiger partial charge on any atom is 0.295 e. The zero-order chi connectivity index (χ0) is 18.5. The molecule has 0 bridgehead atoms. The first-order valence-corrected chi connectivity index (χ1v) is 8.95. The van der Waals surface area contributed by atoms with Crippen molar-refractivity contribution in [3.8, 4) is 0 Å². The van der Waals surface area contributed by atoms with E-state index in [9.17, 15) is 4.79 Å². The second kappa shape index (κ2) is 6.00. The zero-order valence-corrected chi connectivity index (χ0v) is 15.6. The quantitative estimate of drug-likeness (QED) is 0.783. The molecule has 0 spiro atoms. The molecule has 138 valence electrons. The molecule has 4 heterocycles. The summed E-state index contributed by atoms with van der Waals surface area (Å²) in [6, 6.07) is 1.95. The van der Waals surface area contributed by atoms with Gasteiger partial charge in [0.15, 0.2) is 0 Å². The van der Waals surface area contributed by atoms with Crippen LogP contribution < -0.4 is 4.90 Å². The van der Waals surface area contributed by atoms with Crippen LogP contribution in [-0.4, -0.2) is 67.2 Å². The van der Waals surface area contributed by atoms with Crippen LogP contribution in [0.25, 0.3) is 0 Å². The molecule has 2 saturated heterocycles. The van der Waals surface area contributed by atoms with Gasteiger partial charge in [0.05, 0.1) is 5.54 Å². The average molecular weight is 356 g/mol. The number of carbonyl (C=O) groups is 1. The van der Waals surface area contributed by atoms with Gasteiger partial charge in [-0.3, -0.25) is 4.79 Å². The number of rotatable bonds is 2. The molecule has 9 heteroatoms. The molecular weight excluding hydrogens is 332 g/mol. The Morgan fingerprint density at radius 1 is 1.15 bits per heavy atom. The first-order chi connectivity index (χ1) is 12.3. The van der Waals surface area contributed by atoms with E-state index in [0.29, 0.717) is 11.8 Å². The van der Waals surface area contributed by atoms with Gasteiger partial charge in [-0.1, -0.05) is 0 Å². The summed E-state index contributed by atoms with van der Waals surface area (Å²) in [5, 5.41) is 12.2. The van der Waals surface area contributed by atoms with Gasteiger partial charge in [-0.25, -0.2) is 9.97 Å². The summed E-state index contributed by atoms with van der Waals surface area (Å²) >= 11 is 0. The summed E-state index contributed by atoms with van der Waals surface area (Å²) < 4.78 is 0. The minimum absolute atomic E-state index is 0.126. The molecule has 26 heavy (non-hydrogen) atoms. The van der Waals surface area contributed by atoms with E-state index in [0.717, 1.165) is 37.8 Å². The van der Waals surface area contributed by atoms with E-state index in [1.165, 1.54) is 4.80 Å². The van der Waals surface area contributed by atoms with Gasteiger partial charge in [-0.2, -0.15) is 4.80 Å². The van der Waals surface area contributed by atoms with Crippen LogP contribution in [0.15, 0.2) is 12.3 Å². The molecule has 0 radical (unpaired) electrons. The molecule has 0 N–H and O–H groups in total. The van der Waals surface area contributed by atoms with E-state index in [-0.39, 0.29) is 17.3 Å². The monoisotopic (exact) mass is 356 g/mol. The molecule has 0 unspecified atom stereocenters. The Morgan fingerprint density at radius 2 is 1.85 bits per heavy atom. The van der Waals surface area contributed by atoms with Crippen molar-refractivity contribution >= 4 is 11.7 Å². The van der Waals surface area contributed by atoms with Gasteiger partial charge in [0.2, 0.25) is 0 Å². The molecule has 0 saturated carbocycles. The molecule has 9 nitrogen and oxygen atoms in total. The summed E-state index contributed by atoms with van der Waals surface area (Å²) in [5.74, 6) is 2.71. The van der Waals surface area contributed by atoms with E-state index < -0.39 is 0 Å². The smallest absolute Gasteiger partial charge is 0.295 e. The van der Waals surface area contributed by atoms with E-state index in [4.69, 9.17) is 0 Å². The summed E-state index contributed by atoms with van der Waals surface area (Å²) in [6.07, 6.45) is 1.80. The van der Waals surface area contributed by atoms with E-state index in [1.807, 2.05) is 38.7 Å². The standard InChI is InChI=1S/C17H24N8O/c1-11-18-6-5-14(19-11)23-7-12-9-24(10-13(12)8-23)16(26)15-20-22-25(21-15)17(2,3)4/h5-6,12-13H,7-10H2,1-4H3/t12-,13+. The van der Waals surface area contributed by atoms with Crippen molar-refractivity contribution in [2.24, 2.45) is 11.8 Å². The molecule has 2 aliphatic rings. The predicted molar refractivity (Wildman–Crippen MR) is 94.7 cm³/mol. The maximum absolute atomic E-state index is 12.7. The van der Waals surface area contributed by atoms with Crippen LogP contribution in [-0.2, 0) is 5.54 Å². The third-order valence-corrected chi connectivity index (χ3v) is 5.06. The first-order valence-electron chi connectivity index (χ1n) is 8.95. The molecule has 2 atom stereocenters. The van der Waals surface area contributed by atoms with Gasteiger partial charge in [-0.05, 0) is 39.0 Å². The third-order valence-electron chi connectivity index (χ3n) is 5.06. The number of amides is 1. The van der Waals surface area contributed by atoms with Gasteiger partial charge in [0, 0.05) is 44.2 Å². The Balaban J connectivity index is 1.41. The van der Waals surface area contributed by atoms with Crippen molar-refractivity contribution in [2.75, 3.05) is 31.1 Å². The highest BCUT2D eigenvalue weighted by molar-refractivity contribution is 5.90. The first kappa shape index (κ1) is 16.9. The van der Waals surface area contributed by atoms with Crippen LogP contribution in [0.3, 0.4) is 0 Å². The number of carbonyl (C=O) groups excluding carboxylic acids is 1. The number of aryl methyl sites for hydroxylation is 1. The SMILES string of the molecule is Cc1nccc(N2C[C@H]3CN(C(=O)c4nnn(C(C)(C)C)n4)C[C@H]3C2)n1. The molecular formula is C17H24N8O. The predicted octanol–water partition coefficient (Wildman–Crippen LogP) is 0.735. The topological polar surface area (TPSA) is 92.9 Å². The molecule has 2 aliphatic heterocycles. The van der Waals surface area contributed by atoms with Gasteiger partial charge in [-0.15, -0.1) is 10.2 Å². The van der Waals surface area contributed by atoms with Crippen molar-refractivity contribution in [1.82, 2.24) is 35.1 Å². The number of hydrogen-bond acceptors (Lipinski definition) is 7. The van der Waals surface area contributed by atoms with Crippen molar-refractivity contribution < 1.29 is 4.79 Å². The molecule has 0 aromatic carbocycles. The van der Waals surface area contributed by atoms with E-state index in [2.05, 4.69) is 30.3 Å². The second-order valence-corrected chi connectivity index (χ2v) is 8.17. The lowest BCUT2D eigenvalue weighted by Gasteiger charge is -2.21. The van der Waals surface area contributed by atoms with Crippen LogP contribution in [0, 0.1) is 18.8 Å². The zero-order valence-electron chi connectivity index (χ0n) is 15.6.